The molecule has 0 spiro atoms. The number of ketones is 2. The maximum Gasteiger partial charge on any atom is 0.338 e. The van der Waals surface area contributed by atoms with E-state index in [0.29, 0.717) is 0 Å². The van der Waals surface area contributed by atoms with Gasteiger partial charge in [0.15, 0.2) is 11.4 Å². The molecular formula is C28H25ClN2O9. The summed E-state index contributed by atoms with van der Waals surface area (Å²) in [5.41, 5.74) is 0.994. The second-order valence-electron chi connectivity index (χ2n) is 10.2. The van der Waals surface area contributed by atoms with Crippen molar-refractivity contribution in [3.63, 3.8) is 0 Å². The van der Waals surface area contributed by atoms with E-state index in [1.807, 2.05) is 0 Å². The van der Waals surface area contributed by atoms with Crippen LogP contribution in [0.25, 0.3) is 5.76 Å². The number of nitrogens with zero attached hydrogens (tertiary/aromatic N) is 1. The minimum Gasteiger partial charge on any atom is -0.508 e. The number of rotatable bonds is 4. The van der Waals surface area contributed by atoms with Crippen LogP contribution in [0.1, 0.15) is 34.0 Å². The van der Waals surface area contributed by atoms with Crippen molar-refractivity contribution in [3.8, 4) is 5.75 Å². The number of carbonyl (C=O) groups is 4. The van der Waals surface area contributed by atoms with E-state index in [-0.39, 0.29) is 28.1 Å². The monoisotopic (exact) mass is 568 g/mol. The normalized spacial score (nSPS) is 27.7. The van der Waals surface area contributed by atoms with Gasteiger partial charge in [-0.05, 0) is 44.8 Å². The van der Waals surface area contributed by atoms with E-state index >= 15 is 0 Å². The van der Waals surface area contributed by atoms with E-state index in [0.717, 1.165) is 0 Å². The lowest BCUT2D eigenvalue weighted by Crippen LogP contribution is -2.66. The number of ether oxygens (including phenoxy) is 1. The first-order valence-electron chi connectivity index (χ1n) is 12.2. The summed E-state index contributed by atoms with van der Waals surface area (Å²) in [6.45, 7) is 0. The van der Waals surface area contributed by atoms with Gasteiger partial charge in [-0.25, -0.2) is 4.79 Å². The zero-order valence-corrected chi connectivity index (χ0v) is 22.0. The van der Waals surface area contributed by atoms with Crippen LogP contribution in [-0.2, 0) is 19.1 Å². The first-order chi connectivity index (χ1) is 18.8. The van der Waals surface area contributed by atoms with E-state index in [1.54, 1.807) is 18.2 Å². The van der Waals surface area contributed by atoms with E-state index in [2.05, 4.69) is 0 Å². The number of Topliss-reactive ketones (excluding diaryl/α,β-unsaturated/α-hetero) is 2. The molecule has 6 N–H and O–H groups in total. The Morgan fingerprint density at radius 1 is 1.07 bits per heavy atom. The summed E-state index contributed by atoms with van der Waals surface area (Å²) in [5.74, 6) is -9.29. The number of nitrogens with two attached hydrogens (primary N) is 1. The number of esters is 1. The van der Waals surface area contributed by atoms with Crippen LogP contribution in [0.5, 0.6) is 5.75 Å². The number of primary amides is 1. The van der Waals surface area contributed by atoms with Crippen LogP contribution in [0.15, 0.2) is 59.4 Å². The van der Waals surface area contributed by atoms with Crippen LogP contribution in [-0.4, -0.2) is 74.5 Å². The number of benzene rings is 2. The number of likely N-dealkylation sites (N-methyl/N-ethyl adjacent to an activating group) is 1. The average Bonchev–Trinajstić information content (AvgIpc) is 2.90. The number of hydrogen-bond acceptors (Lipinski definition) is 10. The molecule has 3 aliphatic carbocycles. The SMILES string of the molecule is CN(C)[C@H]1C(=O)C(C(N)=O)=C(O)[C@]2(O)C(=O)C3=C(O)c4c(O)ccc(Cl)c4[C@@H](OC(=O)c4ccccc4)[C@@H]3C[C@H]12. The molecule has 12 heteroatoms. The topological polar surface area (TPSA) is 188 Å². The predicted molar refractivity (Wildman–Crippen MR) is 140 cm³/mol. The number of aromatic hydroxyl groups is 1. The third-order valence-corrected chi connectivity index (χ3v) is 8.19. The Hall–Kier alpha value is -4.19. The number of hydrogen-bond donors (Lipinski definition) is 5. The maximum absolute atomic E-state index is 14.1. The van der Waals surface area contributed by atoms with Gasteiger partial charge < -0.3 is 30.9 Å². The van der Waals surface area contributed by atoms with Crippen molar-refractivity contribution < 1.29 is 44.3 Å². The van der Waals surface area contributed by atoms with Gasteiger partial charge in [0.05, 0.1) is 17.2 Å². The average molecular weight is 569 g/mol. The molecule has 1 saturated carbocycles. The van der Waals surface area contributed by atoms with Crippen molar-refractivity contribution in [2.24, 2.45) is 17.6 Å². The number of amides is 1. The molecular weight excluding hydrogens is 544 g/mol. The Morgan fingerprint density at radius 3 is 2.33 bits per heavy atom. The zero-order chi connectivity index (χ0) is 29.3. The molecule has 2 aromatic rings. The molecule has 5 atom stereocenters. The molecule has 3 aliphatic rings. The Kier molecular flexibility index (Phi) is 6.48. The fourth-order valence-corrected chi connectivity index (χ4v) is 6.38. The van der Waals surface area contributed by atoms with Gasteiger partial charge in [-0.15, -0.1) is 0 Å². The molecule has 1 fully saturated rings. The largest absolute Gasteiger partial charge is 0.508 e. The fraction of sp³-hybridized carbons (Fsp3) is 0.286. The highest BCUT2D eigenvalue weighted by molar-refractivity contribution is 6.32. The second kappa shape index (κ2) is 9.47. The number of phenols is 1. The van der Waals surface area contributed by atoms with Crippen molar-refractivity contribution >= 4 is 40.8 Å². The summed E-state index contributed by atoms with van der Waals surface area (Å²) >= 11 is 6.48. The highest BCUT2D eigenvalue weighted by Crippen LogP contribution is 2.57. The zero-order valence-electron chi connectivity index (χ0n) is 21.3. The van der Waals surface area contributed by atoms with Crippen molar-refractivity contribution in [1.29, 1.82) is 0 Å². The molecule has 5 rings (SSSR count). The lowest BCUT2D eigenvalue weighted by Gasteiger charge is -2.51. The van der Waals surface area contributed by atoms with Gasteiger partial charge in [0, 0.05) is 28.0 Å². The minimum atomic E-state index is -2.84. The van der Waals surface area contributed by atoms with Crippen LogP contribution in [0.3, 0.4) is 0 Å². The van der Waals surface area contributed by atoms with Gasteiger partial charge >= 0.3 is 5.97 Å². The van der Waals surface area contributed by atoms with Crippen molar-refractivity contribution in [2.45, 2.75) is 24.2 Å². The van der Waals surface area contributed by atoms with Gasteiger partial charge in [-0.1, -0.05) is 29.8 Å². The second-order valence-corrected chi connectivity index (χ2v) is 10.6. The first kappa shape index (κ1) is 27.4. The van der Waals surface area contributed by atoms with E-state index in [9.17, 15) is 39.6 Å². The minimum absolute atomic E-state index is 0.0141. The summed E-state index contributed by atoms with van der Waals surface area (Å²) in [6.07, 6.45) is -1.65. The summed E-state index contributed by atoms with van der Waals surface area (Å²) < 4.78 is 5.87. The van der Waals surface area contributed by atoms with Gasteiger partial charge in [0.1, 0.15) is 28.9 Å². The highest BCUT2D eigenvalue weighted by Gasteiger charge is 2.65. The van der Waals surface area contributed by atoms with Gasteiger partial charge in [0.2, 0.25) is 5.78 Å². The van der Waals surface area contributed by atoms with E-state index < -0.39 is 81.4 Å². The van der Waals surface area contributed by atoms with Gasteiger partial charge in [-0.2, -0.15) is 0 Å². The number of carbonyl (C=O) groups excluding carboxylic acids is 4. The molecule has 208 valence electrons. The number of phenolic OH excluding ortho intramolecular Hbond substituents is 1. The highest BCUT2D eigenvalue weighted by atomic mass is 35.5. The summed E-state index contributed by atoms with van der Waals surface area (Å²) in [7, 11) is 2.96. The smallest absolute Gasteiger partial charge is 0.338 e. The first-order valence-corrected chi connectivity index (χ1v) is 12.6. The molecule has 0 heterocycles. The van der Waals surface area contributed by atoms with Crippen LogP contribution >= 0.6 is 11.6 Å². The molecule has 0 unspecified atom stereocenters. The van der Waals surface area contributed by atoms with E-state index in [1.165, 1.54) is 43.3 Å². The standard InChI is InChI=1S/C28H25ClN2O9/c1-31(2)20-13-10-12-16(24(35)28(13,39)25(36)19(22(20)34)26(30)37)21(33)18-15(32)9-8-14(29)17(18)23(12)40-27(38)11-6-4-3-5-7-11/h3-9,12-13,20,23,32-33,36,39H,10H2,1-2H3,(H2,30,37)/t12-,13-,20-,23+,28-/m1/s1. The molecule has 0 aromatic heterocycles. The maximum atomic E-state index is 14.1. The summed E-state index contributed by atoms with van der Waals surface area (Å²) in [6, 6.07) is 9.14. The van der Waals surface area contributed by atoms with E-state index in [4.69, 9.17) is 22.1 Å². The molecule has 40 heavy (non-hydrogen) atoms. The summed E-state index contributed by atoms with van der Waals surface area (Å²) in [5, 5.41) is 44.7. The number of fused-ring (bicyclic) bond motifs is 3. The molecule has 2 aromatic carbocycles. The lowest BCUT2D eigenvalue weighted by molar-refractivity contribution is -0.156. The van der Waals surface area contributed by atoms with Crippen LogP contribution in [0.2, 0.25) is 5.02 Å². The van der Waals surface area contributed by atoms with Crippen molar-refractivity contribution in [1.82, 2.24) is 4.90 Å². The Labute approximate surface area is 232 Å². The quantitative estimate of drug-likeness (QED) is 0.269. The predicted octanol–water partition coefficient (Wildman–Crippen LogP) is 1.97. The number of aliphatic hydroxyl groups excluding tert-OH is 2. The molecule has 0 radical (unpaired) electrons. The Morgan fingerprint density at radius 2 is 1.73 bits per heavy atom. The van der Waals surface area contributed by atoms with Crippen LogP contribution in [0.4, 0.5) is 0 Å². The van der Waals surface area contributed by atoms with Crippen molar-refractivity contribution in [3.05, 3.63) is 81.1 Å². The number of halogens is 1. The lowest BCUT2D eigenvalue weighted by atomic mass is 9.57. The summed E-state index contributed by atoms with van der Waals surface area (Å²) in [4.78, 5) is 54.1. The van der Waals surface area contributed by atoms with Gasteiger partial charge in [0.25, 0.3) is 5.91 Å². The fourth-order valence-electron chi connectivity index (χ4n) is 6.12. The molecule has 0 aliphatic heterocycles. The van der Waals surface area contributed by atoms with Crippen LogP contribution < -0.4 is 5.73 Å². The van der Waals surface area contributed by atoms with Crippen molar-refractivity contribution in [2.75, 3.05) is 14.1 Å². The van der Waals surface area contributed by atoms with Gasteiger partial charge in [-0.3, -0.25) is 19.3 Å². The molecule has 0 bridgehead atoms. The van der Waals surface area contributed by atoms with Crippen LogP contribution in [0, 0.1) is 11.8 Å². The molecule has 11 nitrogen and oxygen atoms in total. The third kappa shape index (κ3) is 3.73. The third-order valence-electron chi connectivity index (χ3n) is 7.86. The number of aliphatic hydroxyl groups is 3. The Balaban J connectivity index is 1.76. The Bertz CT molecular complexity index is 1550. The molecule has 0 saturated heterocycles. The molecule has 1 amide bonds.